The number of hydrogen-bond donors (Lipinski definition) is 0. The van der Waals surface area contributed by atoms with Crippen LogP contribution >= 0.6 is 0 Å². The lowest BCUT2D eigenvalue weighted by molar-refractivity contribution is -0.139. The molecule has 0 aromatic heterocycles. The Kier molecular flexibility index (Phi) is 6.17. The summed E-state index contributed by atoms with van der Waals surface area (Å²) in [5.74, 6) is 0.893. The predicted molar refractivity (Wildman–Crippen MR) is 109 cm³/mol. The quantitative estimate of drug-likeness (QED) is 0.808. The first-order valence-electron chi connectivity index (χ1n) is 9.73. The van der Waals surface area contributed by atoms with Crippen molar-refractivity contribution in [3.63, 3.8) is 0 Å². The Morgan fingerprint density at radius 3 is 2.37 bits per heavy atom. The Hall–Kier alpha value is -2.33. The van der Waals surface area contributed by atoms with Gasteiger partial charge in [0, 0.05) is 32.7 Å². The highest BCUT2D eigenvalue weighted by atomic mass is 16.5. The van der Waals surface area contributed by atoms with Gasteiger partial charge in [-0.15, -0.1) is 0 Å². The summed E-state index contributed by atoms with van der Waals surface area (Å²) in [7, 11) is 0. The van der Waals surface area contributed by atoms with E-state index in [9.17, 15) is 4.79 Å². The topological polar surface area (TPSA) is 32.8 Å². The van der Waals surface area contributed by atoms with Crippen molar-refractivity contribution in [3.05, 3.63) is 64.7 Å². The van der Waals surface area contributed by atoms with E-state index in [0.717, 1.165) is 49.6 Å². The zero-order valence-electron chi connectivity index (χ0n) is 16.9. The van der Waals surface area contributed by atoms with Crippen LogP contribution in [-0.4, -0.2) is 48.0 Å². The fourth-order valence-corrected chi connectivity index (χ4v) is 3.59. The van der Waals surface area contributed by atoms with E-state index >= 15 is 0 Å². The first-order chi connectivity index (χ1) is 12.9. The van der Waals surface area contributed by atoms with Crippen molar-refractivity contribution < 1.29 is 9.53 Å². The number of hydrogen-bond acceptors (Lipinski definition) is 3. The van der Waals surface area contributed by atoms with Gasteiger partial charge in [0.25, 0.3) is 5.91 Å². The normalized spacial score (nSPS) is 16.2. The van der Waals surface area contributed by atoms with E-state index in [1.807, 2.05) is 30.9 Å². The Balaban J connectivity index is 1.54. The highest BCUT2D eigenvalue weighted by Gasteiger charge is 2.26. The number of ether oxygens (including phenoxy) is 1. The second kappa shape index (κ2) is 8.57. The van der Waals surface area contributed by atoms with Gasteiger partial charge in [0.2, 0.25) is 0 Å². The van der Waals surface area contributed by atoms with Crippen LogP contribution in [-0.2, 0) is 11.3 Å². The van der Waals surface area contributed by atoms with E-state index in [0.29, 0.717) is 0 Å². The zero-order chi connectivity index (χ0) is 19.4. The maximum Gasteiger partial charge on any atom is 0.263 e. The third-order valence-corrected chi connectivity index (χ3v) is 5.35. The molecule has 1 aliphatic rings. The van der Waals surface area contributed by atoms with Crippen molar-refractivity contribution in [2.75, 3.05) is 26.2 Å². The third-order valence-electron chi connectivity index (χ3n) is 5.35. The molecule has 0 N–H and O–H groups in total. The molecule has 2 aromatic carbocycles. The minimum Gasteiger partial charge on any atom is -0.481 e. The molecule has 2 aromatic rings. The summed E-state index contributed by atoms with van der Waals surface area (Å²) < 4.78 is 6.04. The van der Waals surface area contributed by atoms with Crippen molar-refractivity contribution in [1.82, 2.24) is 9.80 Å². The number of carbonyl (C=O) groups is 1. The molecule has 1 amide bonds. The fourth-order valence-electron chi connectivity index (χ4n) is 3.59. The van der Waals surface area contributed by atoms with Gasteiger partial charge in [-0.25, -0.2) is 0 Å². The summed E-state index contributed by atoms with van der Waals surface area (Å²) in [6, 6.07) is 14.6. The number of amides is 1. The maximum absolute atomic E-state index is 12.8. The van der Waals surface area contributed by atoms with Gasteiger partial charge in [0.15, 0.2) is 6.10 Å². The first-order valence-corrected chi connectivity index (χ1v) is 9.73. The van der Waals surface area contributed by atoms with Crippen LogP contribution in [0.2, 0.25) is 0 Å². The SMILES string of the molecule is Cc1cc(C)c(C)c(O[C@@H](C)C(=O)N2CCN(Cc3ccccc3)CC2)c1. The van der Waals surface area contributed by atoms with Crippen LogP contribution in [0.25, 0.3) is 0 Å². The smallest absolute Gasteiger partial charge is 0.263 e. The largest absolute Gasteiger partial charge is 0.481 e. The molecule has 0 saturated carbocycles. The van der Waals surface area contributed by atoms with Crippen molar-refractivity contribution >= 4 is 5.91 Å². The first kappa shape index (κ1) is 19.4. The molecule has 0 bridgehead atoms. The second-order valence-electron chi connectivity index (χ2n) is 7.55. The van der Waals surface area contributed by atoms with Crippen LogP contribution in [0.5, 0.6) is 5.75 Å². The molecule has 0 unspecified atom stereocenters. The lowest BCUT2D eigenvalue weighted by Crippen LogP contribution is -2.51. The number of carbonyl (C=O) groups excluding carboxylic acids is 1. The summed E-state index contributed by atoms with van der Waals surface area (Å²) in [4.78, 5) is 17.2. The van der Waals surface area contributed by atoms with Crippen molar-refractivity contribution in [2.24, 2.45) is 0 Å². The summed E-state index contributed by atoms with van der Waals surface area (Å²) in [6.45, 7) is 12.3. The molecular formula is C23H30N2O2. The van der Waals surface area contributed by atoms with Gasteiger partial charge in [-0.3, -0.25) is 9.69 Å². The van der Waals surface area contributed by atoms with E-state index in [2.05, 4.69) is 49.1 Å². The molecule has 1 saturated heterocycles. The molecule has 1 aliphatic heterocycles. The Morgan fingerprint density at radius 2 is 1.70 bits per heavy atom. The van der Waals surface area contributed by atoms with Gasteiger partial charge in [-0.1, -0.05) is 36.4 Å². The third kappa shape index (κ3) is 4.89. The van der Waals surface area contributed by atoms with Crippen molar-refractivity contribution in [1.29, 1.82) is 0 Å². The monoisotopic (exact) mass is 366 g/mol. The fraction of sp³-hybridized carbons (Fsp3) is 0.435. The van der Waals surface area contributed by atoms with Crippen molar-refractivity contribution in [3.8, 4) is 5.75 Å². The minimum absolute atomic E-state index is 0.0768. The molecule has 0 radical (unpaired) electrons. The molecule has 4 heteroatoms. The highest BCUT2D eigenvalue weighted by Crippen LogP contribution is 2.24. The molecule has 4 nitrogen and oxygen atoms in total. The molecular weight excluding hydrogens is 336 g/mol. The number of piperazine rings is 1. The van der Waals surface area contributed by atoms with Gasteiger partial charge >= 0.3 is 0 Å². The molecule has 3 rings (SSSR count). The highest BCUT2D eigenvalue weighted by molar-refractivity contribution is 5.81. The average Bonchev–Trinajstić information content (AvgIpc) is 2.66. The zero-order valence-corrected chi connectivity index (χ0v) is 16.9. The van der Waals surface area contributed by atoms with E-state index in [-0.39, 0.29) is 5.91 Å². The molecule has 1 heterocycles. The summed E-state index contributed by atoms with van der Waals surface area (Å²) >= 11 is 0. The average molecular weight is 367 g/mol. The van der Waals surface area contributed by atoms with Crippen LogP contribution < -0.4 is 4.74 Å². The molecule has 1 fully saturated rings. The van der Waals surface area contributed by atoms with Crippen molar-refractivity contribution in [2.45, 2.75) is 40.3 Å². The number of aryl methyl sites for hydroxylation is 2. The van der Waals surface area contributed by atoms with E-state index in [1.54, 1.807) is 0 Å². The summed E-state index contributed by atoms with van der Waals surface area (Å²) in [5, 5.41) is 0. The van der Waals surface area contributed by atoms with E-state index < -0.39 is 6.10 Å². The Bertz CT molecular complexity index is 780. The van der Waals surface area contributed by atoms with Gasteiger partial charge in [0.1, 0.15) is 5.75 Å². The predicted octanol–water partition coefficient (Wildman–Crippen LogP) is 3.72. The molecule has 144 valence electrons. The number of nitrogens with zero attached hydrogens (tertiary/aromatic N) is 2. The Labute approximate surface area is 162 Å². The number of rotatable bonds is 5. The molecule has 27 heavy (non-hydrogen) atoms. The Morgan fingerprint density at radius 1 is 1.04 bits per heavy atom. The van der Waals surface area contributed by atoms with Gasteiger partial charge in [-0.05, 0) is 56.0 Å². The maximum atomic E-state index is 12.8. The lowest BCUT2D eigenvalue weighted by Gasteiger charge is -2.36. The summed E-state index contributed by atoms with van der Waals surface area (Å²) in [6.07, 6.45) is -0.467. The van der Waals surface area contributed by atoms with Crippen LogP contribution in [0, 0.1) is 20.8 Å². The molecule has 1 atom stereocenters. The second-order valence-corrected chi connectivity index (χ2v) is 7.55. The van der Waals surface area contributed by atoms with Gasteiger partial charge < -0.3 is 9.64 Å². The van der Waals surface area contributed by atoms with E-state index in [1.165, 1.54) is 11.1 Å². The van der Waals surface area contributed by atoms with Crippen LogP contribution in [0.3, 0.4) is 0 Å². The minimum atomic E-state index is -0.467. The van der Waals surface area contributed by atoms with Crippen LogP contribution in [0.4, 0.5) is 0 Å². The molecule has 0 aliphatic carbocycles. The van der Waals surface area contributed by atoms with Gasteiger partial charge in [0.05, 0.1) is 0 Å². The van der Waals surface area contributed by atoms with Crippen LogP contribution in [0.1, 0.15) is 29.2 Å². The summed E-state index contributed by atoms with van der Waals surface area (Å²) in [5.41, 5.74) is 4.77. The standard InChI is InChI=1S/C23H30N2O2/c1-17-14-18(2)19(3)22(15-17)27-20(4)23(26)25-12-10-24(11-13-25)16-21-8-6-5-7-9-21/h5-9,14-15,20H,10-13,16H2,1-4H3/t20-/m0/s1. The van der Waals surface area contributed by atoms with Gasteiger partial charge in [-0.2, -0.15) is 0 Å². The lowest BCUT2D eigenvalue weighted by atomic mass is 10.1. The van der Waals surface area contributed by atoms with E-state index in [4.69, 9.17) is 4.74 Å². The van der Waals surface area contributed by atoms with Crippen LogP contribution in [0.15, 0.2) is 42.5 Å². The number of benzene rings is 2. The molecule has 0 spiro atoms.